The van der Waals surface area contributed by atoms with Crippen LogP contribution < -0.4 is 10.6 Å². The predicted octanol–water partition coefficient (Wildman–Crippen LogP) is 2.26. The first-order valence-electron chi connectivity index (χ1n) is 10.7. The highest BCUT2D eigenvalue weighted by molar-refractivity contribution is 6.06. The van der Waals surface area contributed by atoms with Gasteiger partial charge in [0.1, 0.15) is 5.92 Å². The van der Waals surface area contributed by atoms with Crippen molar-refractivity contribution in [2.45, 2.75) is 34.6 Å². The number of Topliss-reactive ketones (excluding diaryl/α,β-unsaturated/α-hetero) is 1. The van der Waals surface area contributed by atoms with E-state index < -0.39 is 36.3 Å². The van der Waals surface area contributed by atoms with Gasteiger partial charge in [-0.15, -0.1) is 0 Å². The number of carbonyl (C=O) groups excluding carboxylic acids is 5. The molecular formula is C24H28N2O8. The Bertz CT molecular complexity index is 1030. The van der Waals surface area contributed by atoms with Gasteiger partial charge in [-0.1, -0.05) is 12.1 Å². The van der Waals surface area contributed by atoms with Gasteiger partial charge in [-0.3, -0.25) is 14.4 Å². The van der Waals surface area contributed by atoms with Crippen LogP contribution in [0.4, 0.5) is 5.69 Å². The van der Waals surface area contributed by atoms with Gasteiger partial charge in [0, 0.05) is 22.6 Å². The van der Waals surface area contributed by atoms with E-state index in [-0.39, 0.29) is 30.1 Å². The number of allylic oxidation sites excluding steroid dienone is 2. The minimum absolute atomic E-state index is 0.0521. The number of ether oxygens (including phenoxy) is 3. The van der Waals surface area contributed by atoms with Crippen LogP contribution in [0.15, 0.2) is 46.8 Å². The van der Waals surface area contributed by atoms with Gasteiger partial charge in [0.05, 0.1) is 24.4 Å². The molecule has 182 valence electrons. The highest BCUT2D eigenvalue weighted by Gasteiger charge is 2.42. The fraction of sp³-hybridized carbons (Fsp3) is 0.375. The summed E-state index contributed by atoms with van der Waals surface area (Å²) < 4.78 is 15.3. The molecule has 0 bridgehead atoms. The van der Waals surface area contributed by atoms with Crippen LogP contribution in [0.5, 0.6) is 0 Å². The Morgan fingerprint density at radius 1 is 0.912 bits per heavy atom. The summed E-state index contributed by atoms with van der Waals surface area (Å²) in [6.45, 7) is 7.16. The maximum absolute atomic E-state index is 13.1. The Labute approximate surface area is 197 Å². The second-order valence-electron chi connectivity index (χ2n) is 7.37. The van der Waals surface area contributed by atoms with Crippen molar-refractivity contribution in [3.05, 3.63) is 52.4 Å². The van der Waals surface area contributed by atoms with Crippen molar-refractivity contribution in [1.82, 2.24) is 5.32 Å². The molecule has 1 heterocycles. The molecule has 2 N–H and O–H groups in total. The Morgan fingerprint density at radius 2 is 1.47 bits per heavy atom. The Kier molecular flexibility index (Phi) is 9.11. The smallest absolute Gasteiger partial charge is 0.337 e. The largest absolute Gasteiger partial charge is 0.463 e. The summed E-state index contributed by atoms with van der Waals surface area (Å²) in [4.78, 5) is 62.2. The van der Waals surface area contributed by atoms with E-state index in [9.17, 15) is 24.0 Å². The van der Waals surface area contributed by atoms with Crippen molar-refractivity contribution in [2.75, 3.05) is 25.1 Å². The molecule has 34 heavy (non-hydrogen) atoms. The molecule has 1 aromatic rings. The highest BCUT2D eigenvalue weighted by atomic mass is 16.5. The van der Waals surface area contributed by atoms with Crippen LogP contribution in [-0.4, -0.2) is 49.4 Å². The van der Waals surface area contributed by atoms with Gasteiger partial charge >= 0.3 is 17.9 Å². The number of dihydropyridines is 1. The molecule has 1 aliphatic rings. The number of benzene rings is 1. The molecule has 10 nitrogen and oxygen atoms in total. The third-order valence-electron chi connectivity index (χ3n) is 4.89. The number of anilines is 1. The fourth-order valence-corrected chi connectivity index (χ4v) is 3.42. The van der Waals surface area contributed by atoms with E-state index in [1.807, 2.05) is 0 Å². The Hall–Kier alpha value is -3.95. The number of hydrogen-bond donors (Lipinski definition) is 2. The van der Waals surface area contributed by atoms with Crippen LogP contribution in [0.1, 0.15) is 45.0 Å². The third-order valence-corrected chi connectivity index (χ3v) is 4.89. The first kappa shape index (κ1) is 26.3. The van der Waals surface area contributed by atoms with E-state index in [1.54, 1.807) is 45.9 Å². The van der Waals surface area contributed by atoms with Crippen LogP contribution in [-0.2, 0) is 33.4 Å². The molecule has 1 amide bonds. The quantitative estimate of drug-likeness (QED) is 0.315. The van der Waals surface area contributed by atoms with Gasteiger partial charge in [0.15, 0.2) is 12.4 Å². The Morgan fingerprint density at radius 3 is 1.97 bits per heavy atom. The first-order chi connectivity index (χ1) is 16.1. The molecule has 0 radical (unpaired) electrons. The van der Waals surface area contributed by atoms with E-state index in [2.05, 4.69) is 10.6 Å². The summed E-state index contributed by atoms with van der Waals surface area (Å²) in [6, 6.07) is 6.28. The molecule has 0 fully saturated rings. The SMILES string of the molecule is CCOC(=O)C1=C(C)NC(C)=C(C(=O)OCC)C1C(=O)OCC(=O)Nc1cccc(C(C)=O)c1. The summed E-state index contributed by atoms with van der Waals surface area (Å²) in [6.07, 6.45) is 0. The van der Waals surface area contributed by atoms with Crippen molar-refractivity contribution < 1.29 is 38.2 Å². The predicted molar refractivity (Wildman–Crippen MR) is 121 cm³/mol. The maximum Gasteiger partial charge on any atom is 0.337 e. The molecular weight excluding hydrogens is 444 g/mol. The number of rotatable bonds is 9. The molecule has 10 heteroatoms. The van der Waals surface area contributed by atoms with Crippen LogP contribution in [0, 0.1) is 5.92 Å². The number of hydrogen-bond acceptors (Lipinski definition) is 9. The van der Waals surface area contributed by atoms with Crippen molar-refractivity contribution >= 4 is 35.3 Å². The fourth-order valence-electron chi connectivity index (χ4n) is 3.42. The molecule has 0 unspecified atom stereocenters. The number of esters is 3. The lowest BCUT2D eigenvalue weighted by atomic mass is 9.85. The zero-order chi connectivity index (χ0) is 25.4. The molecule has 2 rings (SSSR count). The number of amides is 1. The molecule has 0 saturated heterocycles. The summed E-state index contributed by atoms with van der Waals surface area (Å²) >= 11 is 0. The standard InChI is InChI=1S/C24H28N2O8/c1-6-32-22(29)19-13(3)25-14(4)20(23(30)33-7-2)21(19)24(31)34-12-18(28)26-17-10-8-9-16(11-17)15(5)27/h8-11,21,25H,6-7,12H2,1-5H3,(H,26,28). The van der Waals surface area contributed by atoms with Crippen LogP contribution in [0.25, 0.3) is 0 Å². The van der Waals surface area contributed by atoms with E-state index in [1.165, 1.54) is 13.0 Å². The van der Waals surface area contributed by atoms with E-state index in [4.69, 9.17) is 14.2 Å². The molecule has 0 aromatic heterocycles. The number of carbonyl (C=O) groups is 5. The average molecular weight is 472 g/mol. The molecule has 0 saturated carbocycles. The zero-order valence-corrected chi connectivity index (χ0v) is 19.8. The molecule has 1 aromatic carbocycles. The molecule has 1 aliphatic heterocycles. The first-order valence-corrected chi connectivity index (χ1v) is 10.7. The van der Waals surface area contributed by atoms with Crippen LogP contribution in [0.3, 0.4) is 0 Å². The molecule has 0 atom stereocenters. The minimum Gasteiger partial charge on any atom is -0.463 e. The van der Waals surface area contributed by atoms with Gasteiger partial charge in [-0.25, -0.2) is 9.59 Å². The zero-order valence-electron chi connectivity index (χ0n) is 19.8. The molecule has 0 aliphatic carbocycles. The summed E-state index contributed by atoms with van der Waals surface area (Å²) in [7, 11) is 0. The summed E-state index contributed by atoms with van der Waals surface area (Å²) in [5, 5.41) is 5.43. The molecule has 0 spiro atoms. The highest BCUT2D eigenvalue weighted by Crippen LogP contribution is 2.32. The number of nitrogens with one attached hydrogen (secondary N) is 2. The second-order valence-corrected chi connectivity index (χ2v) is 7.37. The van der Waals surface area contributed by atoms with Gasteiger partial charge in [-0.2, -0.15) is 0 Å². The van der Waals surface area contributed by atoms with Crippen molar-refractivity contribution in [1.29, 1.82) is 0 Å². The van der Waals surface area contributed by atoms with Gasteiger partial charge in [-0.05, 0) is 46.8 Å². The van der Waals surface area contributed by atoms with Gasteiger partial charge < -0.3 is 24.8 Å². The maximum atomic E-state index is 13.1. The van der Waals surface area contributed by atoms with E-state index in [0.717, 1.165) is 0 Å². The summed E-state index contributed by atoms with van der Waals surface area (Å²) in [5.74, 6) is -4.86. The van der Waals surface area contributed by atoms with Gasteiger partial charge in [0.25, 0.3) is 5.91 Å². The van der Waals surface area contributed by atoms with Crippen LogP contribution in [0.2, 0.25) is 0 Å². The lowest BCUT2D eigenvalue weighted by Gasteiger charge is -2.28. The van der Waals surface area contributed by atoms with Crippen molar-refractivity contribution in [3.8, 4) is 0 Å². The summed E-state index contributed by atoms with van der Waals surface area (Å²) in [5.41, 5.74) is 1.18. The topological polar surface area (TPSA) is 137 Å². The normalized spacial score (nSPS) is 13.7. The Balaban J connectivity index is 2.25. The lowest BCUT2D eigenvalue weighted by molar-refractivity contribution is -0.153. The van der Waals surface area contributed by atoms with Crippen molar-refractivity contribution in [2.24, 2.45) is 5.92 Å². The van der Waals surface area contributed by atoms with Crippen molar-refractivity contribution in [3.63, 3.8) is 0 Å². The second kappa shape index (κ2) is 11.8. The lowest BCUT2D eigenvalue weighted by Crippen LogP contribution is -2.39. The van der Waals surface area contributed by atoms with E-state index in [0.29, 0.717) is 22.6 Å². The van der Waals surface area contributed by atoms with Gasteiger partial charge in [0.2, 0.25) is 0 Å². The van der Waals surface area contributed by atoms with Crippen LogP contribution >= 0.6 is 0 Å². The minimum atomic E-state index is -1.44. The monoisotopic (exact) mass is 472 g/mol. The average Bonchev–Trinajstić information content (AvgIpc) is 2.77. The third kappa shape index (κ3) is 6.31. The van der Waals surface area contributed by atoms with E-state index >= 15 is 0 Å². The number of ketones is 1.